The first-order valence-electron chi connectivity index (χ1n) is 3.86. The summed E-state index contributed by atoms with van der Waals surface area (Å²) < 4.78 is 0. The molecule has 0 heterocycles. The van der Waals surface area contributed by atoms with Crippen molar-refractivity contribution in [3.63, 3.8) is 0 Å². The van der Waals surface area contributed by atoms with Crippen molar-refractivity contribution in [3.8, 4) is 11.5 Å². The van der Waals surface area contributed by atoms with E-state index < -0.39 is 0 Å². The molecular weight excluding hydrogens is 170 g/mol. The summed E-state index contributed by atoms with van der Waals surface area (Å²) in [7, 11) is 0. The van der Waals surface area contributed by atoms with Crippen molar-refractivity contribution in [2.45, 2.75) is 6.42 Å². The Kier molecular flexibility index (Phi) is 2.87. The Morgan fingerprint density at radius 3 is 2.54 bits per heavy atom. The van der Waals surface area contributed by atoms with Gasteiger partial charge in [-0.25, -0.2) is 0 Å². The van der Waals surface area contributed by atoms with E-state index >= 15 is 0 Å². The van der Waals surface area contributed by atoms with Crippen LogP contribution in [0.2, 0.25) is 0 Å². The third-order valence-corrected chi connectivity index (χ3v) is 1.67. The highest BCUT2D eigenvalue weighted by molar-refractivity contribution is 5.82. The molecule has 1 aromatic carbocycles. The van der Waals surface area contributed by atoms with Gasteiger partial charge in [-0.15, -0.1) is 0 Å². The van der Waals surface area contributed by atoms with E-state index in [0.29, 0.717) is 5.56 Å². The molecule has 0 atom stereocenters. The molecule has 0 unspecified atom stereocenters. The molecule has 0 aliphatic heterocycles. The molecule has 0 radical (unpaired) electrons. The fourth-order valence-corrected chi connectivity index (χ4v) is 0.979. The maximum Gasteiger partial charge on any atom is 0.157 e. The van der Waals surface area contributed by atoms with Crippen molar-refractivity contribution in [1.82, 2.24) is 0 Å². The highest BCUT2D eigenvalue weighted by atomic mass is 16.3. The van der Waals surface area contributed by atoms with Crippen molar-refractivity contribution in [2.24, 2.45) is 5.73 Å². The molecule has 70 valence electrons. The second-order valence-corrected chi connectivity index (χ2v) is 2.74. The van der Waals surface area contributed by atoms with Gasteiger partial charge in [-0.2, -0.15) is 0 Å². The van der Waals surface area contributed by atoms with Crippen LogP contribution in [0.3, 0.4) is 0 Å². The van der Waals surface area contributed by atoms with Gasteiger partial charge in [0.05, 0.1) is 6.54 Å². The lowest BCUT2D eigenvalue weighted by Crippen LogP contribution is -2.15. The van der Waals surface area contributed by atoms with E-state index in [1.165, 1.54) is 12.1 Å². The number of carbonyl (C=O) groups excluding carboxylic acids is 1. The zero-order chi connectivity index (χ0) is 9.84. The number of carbonyl (C=O) groups is 1. The predicted octanol–water partition coefficient (Wildman–Crippen LogP) is 0.168. The summed E-state index contributed by atoms with van der Waals surface area (Å²) >= 11 is 0. The lowest BCUT2D eigenvalue weighted by Gasteiger charge is -2.01. The number of rotatable bonds is 3. The lowest BCUT2D eigenvalue weighted by atomic mass is 10.1. The molecule has 0 aliphatic carbocycles. The van der Waals surface area contributed by atoms with Crippen LogP contribution < -0.4 is 5.73 Å². The van der Waals surface area contributed by atoms with Gasteiger partial charge in [0.1, 0.15) is 0 Å². The summed E-state index contributed by atoms with van der Waals surface area (Å²) in [6.45, 7) is -0.0123. The summed E-state index contributed by atoms with van der Waals surface area (Å²) in [5, 5.41) is 18.1. The molecule has 0 fully saturated rings. The molecule has 13 heavy (non-hydrogen) atoms. The van der Waals surface area contributed by atoms with Crippen LogP contribution in [0.25, 0.3) is 0 Å². The maximum atomic E-state index is 10.9. The van der Waals surface area contributed by atoms with E-state index in [4.69, 9.17) is 15.9 Å². The number of ketones is 1. The van der Waals surface area contributed by atoms with E-state index in [1.807, 2.05) is 0 Å². The maximum absolute atomic E-state index is 10.9. The van der Waals surface area contributed by atoms with Crippen LogP contribution in [-0.2, 0) is 11.2 Å². The average molecular weight is 181 g/mol. The number of hydrogen-bond donors (Lipinski definition) is 3. The summed E-state index contributed by atoms with van der Waals surface area (Å²) in [6.07, 6.45) is 0.185. The van der Waals surface area contributed by atoms with E-state index in [2.05, 4.69) is 0 Å². The smallest absolute Gasteiger partial charge is 0.157 e. The first kappa shape index (κ1) is 9.54. The highest BCUT2D eigenvalue weighted by Gasteiger charge is 2.04. The topological polar surface area (TPSA) is 83.6 Å². The zero-order valence-electron chi connectivity index (χ0n) is 7.03. The van der Waals surface area contributed by atoms with Gasteiger partial charge in [0.2, 0.25) is 0 Å². The van der Waals surface area contributed by atoms with Crippen LogP contribution in [0.4, 0.5) is 0 Å². The molecule has 0 aliphatic rings. The van der Waals surface area contributed by atoms with Crippen molar-refractivity contribution < 1.29 is 15.0 Å². The molecule has 4 heteroatoms. The van der Waals surface area contributed by atoms with Crippen molar-refractivity contribution in [3.05, 3.63) is 23.8 Å². The second kappa shape index (κ2) is 3.91. The van der Waals surface area contributed by atoms with Gasteiger partial charge in [-0.05, 0) is 17.7 Å². The van der Waals surface area contributed by atoms with Crippen molar-refractivity contribution >= 4 is 5.78 Å². The lowest BCUT2D eigenvalue weighted by molar-refractivity contribution is -0.117. The SMILES string of the molecule is NCC(=O)Cc1ccc(O)c(O)c1. The van der Waals surface area contributed by atoms with Gasteiger partial charge >= 0.3 is 0 Å². The minimum Gasteiger partial charge on any atom is -0.504 e. The highest BCUT2D eigenvalue weighted by Crippen LogP contribution is 2.24. The Balaban J connectivity index is 2.79. The molecule has 4 nitrogen and oxygen atoms in total. The van der Waals surface area contributed by atoms with E-state index in [9.17, 15) is 4.79 Å². The monoisotopic (exact) mass is 181 g/mol. The fourth-order valence-electron chi connectivity index (χ4n) is 0.979. The number of phenolic OH excluding ortho intramolecular Hbond substituents is 2. The van der Waals surface area contributed by atoms with Gasteiger partial charge in [0, 0.05) is 6.42 Å². The average Bonchev–Trinajstić information content (AvgIpc) is 2.11. The third-order valence-electron chi connectivity index (χ3n) is 1.67. The van der Waals surface area contributed by atoms with Gasteiger partial charge in [-0.3, -0.25) is 4.79 Å². The standard InChI is InChI=1S/C9H11NO3/c10-5-7(11)3-6-1-2-8(12)9(13)4-6/h1-2,4,12-13H,3,5,10H2. The Hall–Kier alpha value is -1.55. The van der Waals surface area contributed by atoms with E-state index in [0.717, 1.165) is 0 Å². The summed E-state index contributed by atoms with van der Waals surface area (Å²) in [5.74, 6) is -0.517. The number of aromatic hydroxyl groups is 2. The Morgan fingerprint density at radius 1 is 1.31 bits per heavy atom. The minimum atomic E-state index is -0.220. The molecule has 4 N–H and O–H groups in total. The molecule has 1 aromatic rings. The summed E-state index contributed by atoms with van der Waals surface area (Å²) in [6, 6.07) is 4.26. The number of nitrogens with two attached hydrogens (primary N) is 1. The van der Waals surface area contributed by atoms with Crippen molar-refractivity contribution in [1.29, 1.82) is 0 Å². The van der Waals surface area contributed by atoms with E-state index in [-0.39, 0.29) is 30.2 Å². The van der Waals surface area contributed by atoms with Crippen LogP contribution in [0.1, 0.15) is 5.56 Å². The summed E-state index contributed by atoms with van der Waals surface area (Å²) in [5.41, 5.74) is 5.77. The zero-order valence-corrected chi connectivity index (χ0v) is 7.03. The summed E-state index contributed by atoms with van der Waals surface area (Å²) in [4.78, 5) is 10.9. The Morgan fingerprint density at radius 2 is 2.00 bits per heavy atom. The van der Waals surface area contributed by atoms with Crippen LogP contribution in [0, 0.1) is 0 Å². The molecule has 0 bridgehead atoms. The fraction of sp³-hybridized carbons (Fsp3) is 0.222. The molecule has 0 aromatic heterocycles. The van der Waals surface area contributed by atoms with Gasteiger partial charge in [-0.1, -0.05) is 6.07 Å². The number of Topliss-reactive ketones (excluding diaryl/α,β-unsaturated/α-hetero) is 1. The van der Waals surface area contributed by atoms with Gasteiger partial charge < -0.3 is 15.9 Å². The molecule has 0 amide bonds. The normalized spacial score (nSPS) is 9.92. The largest absolute Gasteiger partial charge is 0.504 e. The van der Waals surface area contributed by atoms with Crippen LogP contribution in [0.5, 0.6) is 11.5 Å². The van der Waals surface area contributed by atoms with E-state index in [1.54, 1.807) is 6.07 Å². The van der Waals surface area contributed by atoms with Crippen molar-refractivity contribution in [2.75, 3.05) is 6.54 Å². The van der Waals surface area contributed by atoms with Crippen LogP contribution >= 0.6 is 0 Å². The number of phenols is 2. The molecule has 0 saturated carbocycles. The van der Waals surface area contributed by atoms with Gasteiger partial charge in [0.15, 0.2) is 17.3 Å². The quantitative estimate of drug-likeness (QED) is 0.580. The number of hydrogen-bond acceptors (Lipinski definition) is 4. The molecular formula is C9H11NO3. The predicted molar refractivity (Wildman–Crippen MR) is 47.5 cm³/mol. The molecule has 0 saturated heterocycles. The Labute approximate surface area is 75.6 Å². The number of benzene rings is 1. The second-order valence-electron chi connectivity index (χ2n) is 2.74. The third kappa shape index (κ3) is 2.45. The minimum absolute atomic E-state index is 0.0123. The Bertz CT molecular complexity index is 323. The first-order valence-corrected chi connectivity index (χ1v) is 3.86. The van der Waals surface area contributed by atoms with Crippen LogP contribution in [-0.4, -0.2) is 22.5 Å². The molecule has 1 rings (SSSR count). The van der Waals surface area contributed by atoms with Gasteiger partial charge in [0.25, 0.3) is 0 Å². The molecule has 0 spiro atoms. The first-order chi connectivity index (χ1) is 6.13. The van der Waals surface area contributed by atoms with Crippen LogP contribution in [0.15, 0.2) is 18.2 Å².